The normalized spacial score (nSPS) is 11.7. The maximum absolute atomic E-state index is 11.3. The van der Waals surface area contributed by atoms with E-state index in [1.54, 1.807) is 31.2 Å². The van der Waals surface area contributed by atoms with Gasteiger partial charge in [-0.1, -0.05) is 0 Å². The summed E-state index contributed by atoms with van der Waals surface area (Å²) in [5.41, 5.74) is 6.69. The number of nitrogens with two attached hydrogens (primary N) is 1. The molecule has 0 unspecified atom stereocenters. The highest BCUT2D eigenvalue weighted by atomic mass is 16.5. The molecule has 0 saturated carbocycles. The van der Waals surface area contributed by atoms with Gasteiger partial charge in [0, 0.05) is 18.5 Å². The third kappa shape index (κ3) is 4.52. The molecule has 2 amide bonds. The van der Waals surface area contributed by atoms with Crippen LogP contribution in [0, 0.1) is 0 Å². The Kier molecular flexibility index (Phi) is 5.29. The Morgan fingerprint density at radius 3 is 2.17 bits per heavy atom. The molecule has 1 aromatic rings. The average molecular weight is 251 g/mol. The van der Waals surface area contributed by atoms with Crippen LogP contribution in [0.1, 0.15) is 6.92 Å². The van der Waals surface area contributed by atoms with Gasteiger partial charge in [-0.3, -0.25) is 9.59 Å². The molecule has 0 aliphatic rings. The molecule has 1 rings (SSSR count). The molecule has 1 atom stereocenters. The second-order valence-corrected chi connectivity index (χ2v) is 3.84. The highest BCUT2D eigenvalue weighted by molar-refractivity contribution is 5.95. The molecule has 1 aromatic carbocycles. The minimum absolute atomic E-state index is 0.00315. The Bertz CT molecular complexity index is 415. The molecule has 0 fully saturated rings. The molecule has 0 radical (unpaired) electrons. The van der Waals surface area contributed by atoms with E-state index in [4.69, 9.17) is 10.5 Å². The number of benzene rings is 1. The molecule has 0 aromatic heterocycles. The van der Waals surface area contributed by atoms with Crippen molar-refractivity contribution >= 4 is 23.2 Å². The lowest BCUT2D eigenvalue weighted by molar-refractivity contribution is -0.119. The van der Waals surface area contributed by atoms with Gasteiger partial charge in [-0.25, -0.2) is 0 Å². The number of anilines is 2. The molecular formula is C12H17N3O3. The van der Waals surface area contributed by atoms with Crippen LogP contribution in [0.2, 0.25) is 0 Å². The molecule has 0 bridgehead atoms. The minimum atomic E-state index is -0.564. The summed E-state index contributed by atoms with van der Waals surface area (Å²) < 4.78 is 4.70. The monoisotopic (exact) mass is 251 g/mol. The number of amides is 2. The number of rotatable bonds is 5. The van der Waals surface area contributed by atoms with Crippen molar-refractivity contribution in [3.63, 3.8) is 0 Å². The SMILES string of the molecule is COCC(=O)Nc1ccc(NC(=O)[C@@H](C)N)cc1. The zero-order valence-corrected chi connectivity index (χ0v) is 10.4. The van der Waals surface area contributed by atoms with E-state index in [2.05, 4.69) is 10.6 Å². The van der Waals surface area contributed by atoms with Crippen LogP contribution >= 0.6 is 0 Å². The maximum Gasteiger partial charge on any atom is 0.250 e. The Labute approximate surface area is 105 Å². The highest BCUT2D eigenvalue weighted by Crippen LogP contribution is 2.13. The predicted octanol–water partition coefficient (Wildman–Crippen LogP) is 0.557. The van der Waals surface area contributed by atoms with Crippen molar-refractivity contribution in [2.45, 2.75) is 13.0 Å². The number of methoxy groups -OCH3 is 1. The van der Waals surface area contributed by atoms with Crippen molar-refractivity contribution in [1.29, 1.82) is 0 Å². The van der Waals surface area contributed by atoms with Crippen molar-refractivity contribution in [3.8, 4) is 0 Å². The topological polar surface area (TPSA) is 93.5 Å². The van der Waals surface area contributed by atoms with Gasteiger partial charge in [0.25, 0.3) is 0 Å². The van der Waals surface area contributed by atoms with Crippen LogP contribution in [0.5, 0.6) is 0 Å². The zero-order valence-electron chi connectivity index (χ0n) is 10.4. The van der Waals surface area contributed by atoms with Gasteiger partial charge in [-0.2, -0.15) is 0 Å². The first-order chi connectivity index (χ1) is 8.52. The van der Waals surface area contributed by atoms with Gasteiger partial charge in [-0.15, -0.1) is 0 Å². The van der Waals surface area contributed by atoms with Crippen molar-refractivity contribution in [2.75, 3.05) is 24.4 Å². The number of hydrogen-bond acceptors (Lipinski definition) is 4. The van der Waals surface area contributed by atoms with Crippen molar-refractivity contribution in [3.05, 3.63) is 24.3 Å². The van der Waals surface area contributed by atoms with Gasteiger partial charge >= 0.3 is 0 Å². The largest absolute Gasteiger partial charge is 0.375 e. The quantitative estimate of drug-likeness (QED) is 0.712. The van der Waals surface area contributed by atoms with Crippen LogP contribution in [-0.4, -0.2) is 31.6 Å². The van der Waals surface area contributed by atoms with E-state index in [0.29, 0.717) is 11.4 Å². The fraction of sp³-hybridized carbons (Fsp3) is 0.333. The summed E-state index contributed by atoms with van der Waals surface area (Å²) >= 11 is 0. The van der Waals surface area contributed by atoms with Gasteiger partial charge in [0.2, 0.25) is 11.8 Å². The second kappa shape index (κ2) is 6.73. The van der Waals surface area contributed by atoms with Gasteiger partial charge in [0.05, 0.1) is 6.04 Å². The first kappa shape index (κ1) is 14.1. The van der Waals surface area contributed by atoms with E-state index in [-0.39, 0.29) is 18.4 Å². The van der Waals surface area contributed by atoms with Crippen molar-refractivity contribution in [1.82, 2.24) is 0 Å². The third-order valence-electron chi connectivity index (χ3n) is 2.13. The number of nitrogens with one attached hydrogen (secondary N) is 2. The summed E-state index contributed by atoms with van der Waals surface area (Å²) in [5.74, 6) is -0.490. The van der Waals surface area contributed by atoms with Gasteiger partial charge in [-0.05, 0) is 31.2 Å². The standard InChI is InChI=1S/C12H17N3O3/c1-8(13)12(17)15-10-5-3-9(4-6-10)14-11(16)7-18-2/h3-6,8H,7,13H2,1-2H3,(H,14,16)(H,15,17)/t8-/m1/s1. The van der Waals surface area contributed by atoms with Crippen molar-refractivity contribution in [2.24, 2.45) is 5.73 Å². The Morgan fingerprint density at radius 1 is 1.22 bits per heavy atom. The van der Waals surface area contributed by atoms with E-state index in [9.17, 15) is 9.59 Å². The lowest BCUT2D eigenvalue weighted by Crippen LogP contribution is -2.32. The minimum Gasteiger partial charge on any atom is -0.375 e. The van der Waals surface area contributed by atoms with Crippen molar-refractivity contribution < 1.29 is 14.3 Å². The van der Waals surface area contributed by atoms with Gasteiger partial charge in [0.15, 0.2) is 0 Å². The van der Waals surface area contributed by atoms with Crippen LogP contribution in [0.3, 0.4) is 0 Å². The molecule has 0 aliphatic carbocycles. The lowest BCUT2D eigenvalue weighted by Gasteiger charge is -2.09. The van der Waals surface area contributed by atoms with E-state index in [1.165, 1.54) is 7.11 Å². The predicted molar refractivity (Wildman–Crippen MR) is 69.2 cm³/mol. The smallest absolute Gasteiger partial charge is 0.250 e. The molecule has 98 valence electrons. The molecular weight excluding hydrogens is 234 g/mol. The van der Waals surface area contributed by atoms with Crippen LogP contribution in [0.15, 0.2) is 24.3 Å². The summed E-state index contributed by atoms with van der Waals surface area (Å²) in [4.78, 5) is 22.6. The summed E-state index contributed by atoms with van der Waals surface area (Å²) in [5, 5.41) is 5.29. The second-order valence-electron chi connectivity index (χ2n) is 3.84. The molecule has 6 heteroatoms. The van der Waals surface area contributed by atoms with Crippen LogP contribution in [0.25, 0.3) is 0 Å². The zero-order chi connectivity index (χ0) is 13.5. The Hall–Kier alpha value is -1.92. The van der Waals surface area contributed by atoms with E-state index >= 15 is 0 Å². The maximum atomic E-state index is 11.3. The number of carbonyl (C=O) groups is 2. The highest BCUT2D eigenvalue weighted by Gasteiger charge is 2.07. The third-order valence-corrected chi connectivity index (χ3v) is 2.13. The molecule has 0 saturated heterocycles. The van der Waals surface area contributed by atoms with Gasteiger partial charge in [0.1, 0.15) is 6.61 Å². The van der Waals surface area contributed by atoms with Crippen LogP contribution < -0.4 is 16.4 Å². The summed E-state index contributed by atoms with van der Waals surface area (Å²) in [6.07, 6.45) is 0. The number of carbonyl (C=O) groups excluding carboxylic acids is 2. The van der Waals surface area contributed by atoms with Crippen LogP contribution in [0.4, 0.5) is 11.4 Å². The molecule has 0 spiro atoms. The van der Waals surface area contributed by atoms with E-state index in [1.807, 2.05) is 0 Å². The van der Waals surface area contributed by atoms with E-state index in [0.717, 1.165) is 0 Å². The molecule has 18 heavy (non-hydrogen) atoms. The Morgan fingerprint density at radius 2 is 1.72 bits per heavy atom. The summed E-state index contributed by atoms with van der Waals surface area (Å²) in [6.45, 7) is 1.61. The fourth-order valence-corrected chi connectivity index (χ4v) is 1.22. The lowest BCUT2D eigenvalue weighted by atomic mass is 10.2. The first-order valence-corrected chi connectivity index (χ1v) is 5.48. The molecule has 0 aliphatic heterocycles. The van der Waals surface area contributed by atoms with Gasteiger partial charge < -0.3 is 21.1 Å². The molecule has 4 N–H and O–H groups in total. The number of hydrogen-bond donors (Lipinski definition) is 3. The van der Waals surface area contributed by atoms with E-state index < -0.39 is 6.04 Å². The summed E-state index contributed by atoms with van der Waals surface area (Å²) in [7, 11) is 1.45. The Balaban J connectivity index is 2.57. The molecule has 6 nitrogen and oxygen atoms in total. The first-order valence-electron chi connectivity index (χ1n) is 5.48. The van der Waals surface area contributed by atoms with Crippen LogP contribution in [-0.2, 0) is 14.3 Å². The average Bonchev–Trinajstić information content (AvgIpc) is 2.31. The fourth-order valence-electron chi connectivity index (χ4n) is 1.22. The number of ether oxygens (including phenoxy) is 1. The summed E-state index contributed by atoms with van der Waals surface area (Å²) in [6, 6.07) is 6.17. The molecule has 0 heterocycles.